The third-order valence-electron chi connectivity index (χ3n) is 2.63. The Kier molecular flexibility index (Phi) is 3.08. The number of thiophene rings is 1. The van der Waals surface area contributed by atoms with Crippen LogP contribution in [0, 0.1) is 0 Å². The molecular formula is C13H17NS. The molecule has 0 fully saturated rings. The van der Waals surface area contributed by atoms with Crippen molar-refractivity contribution >= 4 is 21.4 Å². The molecule has 0 aliphatic heterocycles. The van der Waals surface area contributed by atoms with Crippen molar-refractivity contribution in [2.24, 2.45) is 0 Å². The molecule has 2 aromatic rings. The Hall–Kier alpha value is -0.860. The van der Waals surface area contributed by atoms with Crippen molar-refractivity contribution in [2.45, 2.75) is 26.3 Å². The van der Waals surface area contributed by atoms with Crippen molar-refractivity contribution < 1.29 is 0 Å². The van der Waals surface area contributed by atoms with Crippen LogP contribution in [0.15, 0.2) is 24.3 Å². The fourth-order valence-electron chi connectivity index (χ4n) is 2.04. The summed E-state index contributed by atoms with van der Waals surface area (Å²) in [4.78, 5) is 1.48. The van der Waals surface area contributed by atoms with Gasteiger partial charge in [0.2, 0.25) is 0 Å². The summed E-state index contributed by atoms with van der Waals surface area (Å²) in [7, 11) is 2.01. The largest absolute Gasteiger partial charge is 0.315 e. The molecule has 2 heteroatoms. The summed E-state index contributed by atoms with van der Waals surface area (Å²) in [5.74, 6) is 0.601. The molecule has 0 amide bonds. The van der Waals surface area contributed by atoms with Gasteiger partial charge in [0.1, 0.15) is 0 Å². The van der Waals surface area contributed by atoms with Crippen molar-refractivity contribution in [2.75, 3.05) is 7.05 Å². The Morgan fingerprint density at radius 2 is 2.00 bits per heavy atom. The van der Waals surface area contributed by atoms with Gasteiger partial charge in [-0.1, -0.05) is 32.0 Å². The van der Waals surface area contributed by atoms with Crippen LogP contribution in [0.4, 0.5) is 0 Å². The van der Waals surface area contributed by atoms with Gasteiger partial charge in [-0.05, 0) is 30.0 Å². The highest BCUT2D eigenvalue weighted by molar-refractivity contribution is 7.19. The number of rotatable bonds is 3. The predicted octanol–water partition coefficient (Wildman–Crippen LogP) is 3.74. The molecule has 0 bridgehead atoms. The zero-order valence-electron chi connectivity index (χ0n) is 9.50. The molecule has 0 saturated heterocycles. The highest BCUT2D eigenvalue weighted by Gasteiger charge is 2.13. The van der Waals surface area contributed by atoms with Crippen LogP contribution in [-0.4, -0.2) is 7.05 Å². The van der Waals surface area contributed by atoms with E-state index in [0.29, 0.717) is 5.92 Å². The molecule has 0 saturated carbocycles. The van der Waals surface area contributed by atoms with E-state index in [0.717, 1.165) is 6.54 Å². The van der Waals surface area contributed by atoms with Gasteiger partial charge in [0.15, 0.2) is 0 Å². The van der Waals surface area contributed by atoms with Crippen LogP contribution in [0.25, 0.3) is 10.1 Å². The van der Waals surface area contributed by atoms with Gasteiger partial charge in [-0.25, -0.2) is 0 Å². The second kappa shape index (κ2) is 4.33. The number of hydrogen-bond acceptors (Lipinski definition) is 2. The van der Waals surface area contributed by atoms with Crippen LogP contribution in [0.5, 0.6) is 0 Å². The van der Waals surface area contributed by atoms with Crippen LogP contribution in [-0.2, 0) is 6.54 Å². The Labute approximate surface area is 95.1 Å². The summed E-state index contributed by atoms with van der Waals surface area (Å²) in [6, 6.07) is 8.70. The predicted molar refractivity (Wildman–Crippen MR) is 68.7 cm³/mol. The van der Waals surface area contributed by atoms with E-state index in [4.69, 9.17) is 0 Å². The molecule has 0 atom stereocenters. The van der Waals surface area contributed by atoms with Gasteiger partial charge in [0.05, 0.1) is 0 Å². The van der Waals surface area contributed by atoms with Gasteiger partial charge in [0.25, 0.3) is 0 Å². The fraction of sp³-hybridized carbons (Fsp3) is 0.385. The second-order valence-corrected chi connectivity index (χ2v) is 5.26. The maximum absolute atomic E-state index is 3.25. The quantitative estimate of drug-likeness (QED) is 0.829. The zero-order valence-corrected chi connectivity index (χ0v) is 10.3. The molecule has 1 N–H and O–H groups in total. The highest BCUT2D eigenvalue weighted by atomic mass is 32.1. The molecule has 80 valence electrons. The summed E-state index contributed by atoms with van der Waals surface area (Å²) in [5, 5.41) is 4.68. The van der Waals surface area contributed by atoms with Crippen molar-refractivity contribution in [1.82, 2.24) is 5.32 Å². The lowest BCUT2D eigenvalue weighted by Crippen LogP contribution is -2.05. The monoisotopic (exact) mass is 219 g/mol. The second-order valence-electron chi connectivity index (χ2n) is 4.12. The van der Waals surface area contributed by atoms with Crippen LogP contribution in [0.3, 0.4) is 0 Å². The first-order chi connectivity index (χ1) is 7.24. The van der Waals surface area contributed by atoms with Crippen LogP contribution < -0.4 is 5.32 Å². The Bertz CT molecular complexity index is 457. The SMILES string of the molecule is CNCc1sc2ccccc2c1C(C)C. The topological polar surface area (TPSA) is 12.0 Å². The summed E-state index contributed by atoms with van der Waals surface area (Å²) in [6.45, 7) is 5.52. The van der Waals surface area contributed by atoms with E-state index < -0.39 is 0 Å². The molecule has 1 aromatic heterocycles. The van der Waals surface area contributed by atoms with Crippen molar-refractivity contribution in [3.05, 3.63) is 34.7 Å². The normalized spacial score (nSPS) is 11.5. The summed E-state index contributed by atoms with van der Waals surface area (Å²) in [6.07, 6.45) is 0. The molecular weight excluding hydrogens is 202 g/mol. The lowest BCUT2D eigenvalue weighted by molar-refractivity contribution is 0.795. The van der Waals surface area contributed by atoms with E-state index in [1.165, 1.54) is 20.5 Å². The first-order valence-corrected chi connectivity index (χ1v) is 6.20. The standard InChI is InChI=1S/C13H17NS/c1-9(2)13-10-6-4-5-7-11(10)15-12(13)8-14-3/h4-7,9,14H,8H2,1-3H3. The van der Waals surface area contributed by atoms with Gasteiger partial charge in [-0.2, -0.15) is 0 Å². The number of nitrogens with one attached hydrogen (secondary N) is 1. The fourth-order valence-corrected chi connectivity index (χ4v) is 3.41. The van der Waals surface area contributed by atoms with Crippen molar-refractivity contribution in [3.63, 3.8) is 0 Å². The van der Waals surface area contributed by atoms with E-state index in [9.17, 15) is 0 Å². The van der Waals surface area contributed by atoms with Crippen LogP contribution in [0.2, 0.25) is 0 Å². The maximum atomic E-state index is 3.25. The molecule has 0 aliphatic carbocycles. The van der Waals surface area contributed by atoms with Gasteiger partial charge < -0.3 is 5.32 Å². The average Bonchev–Trinajstić information content (AvgIpc) is 2.56. The third kappa shape index (κ3) is 1.92. The minimum absolute atomic E-state index is 0.601. The summed E-state index contributed by atoms with van der Waals surface area (Å²) >= 11 is 1.91. The molecule has 1 nitrogen and oxygen atoms in total. The van der Waals surface area contributed by atoms with E-state index in [1.807, 2.05) is 18.4 Å². The van der Waals surface area contributed by atoms with Crippen LogP contribution >= 0.6 is 11.3 Å². The summed E-state index contributed by atoms with van der Waals surface area (Å²) in [5.41, 5.74) is 1.52. The van der Waals surface area contributed by atoms with E-state index in [2.05, 4.69) is 43.4 Å². The Morgan fingerprint density at radius 3 is 2.67 bits per heavy atom. The van der Waals surface area contributed by atoms with Gasteiger partial charge in [-0.3, -0.25) is 0 Å². The molecule has 0 spiro atoms. The molecule has 0 radical (unpaired) electrons. The summed E-state index contributed by atoms with van der Waals surface area (Å²) < 4.78 is 1.41. The number of fused-ring (bicyclic) bond motifs is 1. The highest BCUT2D eigenvalue weighted by Crippen LogP contribution is 2.35. The van der Waals surface area contributed by atoms with Gasteiger partial charge >= 0.3 is 0 Å². The van der Waals surface area contributed by atoms with Gasteiger partial charge in [-0.15, -0.1) is 11.3 Å². The average molecular weight is 219 g/mol. The van der Waals surface area contributed by atoms with E-state index in [1.54, 1.807) is 0 Å². The lowest BCUT2D eigenvalue weighted by atomic mass is 9.99. The molecule has 1 heterocycles. The Balaban J connectivity index is 2.63. The van der Waals surface area contributed by atoms with E-state index >= 15 is 0 Å². The molecule has 2 rings (SSSR count). The minimum atomic E-state index is 0.601. The number of hydrogen-bond donors (Lipinski definition) is 1. The van der Waals surface area contributed by atoms with Crippen molar-refractivity contribution in [3.8, 4) is 0 Å². The first-order valence-electron chi connectivity index (χ1n) is 5.39. The Morgan fingerprint density at radius 1 is 1.27 bits per heavy atom. The molecule has 15 heavy (non-hydrogen) atoms. The van der Waals surface area contributed by atoms with E-state index in [-0.39, 0.29) is 0 Å². The third-order valence-corrected chi connectivity index (χ3v) is 3.81. The molecule has 0 unspecified atom stereocenters. The van der Waals surface area contributed by atoms with Crippen molar-refractivity contribution in [1.29, 1.82) is 0 Å². The molecule has 1 aromatic carbocycles. The lowest BCUT2D eigenvalue weighted by Gasteiger charge is -2.07. The number of benzene rings is 1. The smallest absolute Gasteiger partial charge is 0.0349 e. The maximum Gasteiger partial charge on any atom is 0.0349 e. The first kappa shape index (κ1) is 10.7. The zero-order chi connectivity index (χ0) is 10.8. The van der Waals surface area contributed by atoms with Gasteiger partial charge in [0, 0.05) is 16.1 Å². The minimum Gasteiger partial charge on any atom is -0.315 e. The molecule has 0 aliphatic rings. The van der Waals surface area contributed by atoms with Crippen LogP contribution in [0.1, 0.15) is 30.2 Å².